The first kappa shape index (κ1) is 18.3. The van der Waals surface area contributed by atoms with Crippen LogP contribution in [0.25, 0.3) is 0 Å². The fourth-order valence-corrected chi connectivity index (χ4v) is 3.34. The molecule has 0 aromatic carbocycles. The molecule has 8 heteroatoms. The van der Waals surface area contributed by atoms with Crippen LogP contribution in [0.15, 0.2) is 0 Å². The van der Waals surface area contributed by atoms with Crippen LogP contribution >= 0.6 is 0 Å². The maximum atomic E-state index is 12.3. The van der Waals surface area contributed by atoms with Crippen molar-refractivity contribution in [1.29, 1.82) is 0 Å². The molecule has 0 radical (unpaired) electrons. The summed E-state index contributed by atoms with van der Waals surface area (Å²) in [4.78, 5) is 15.3. The van der Waals surface area contributed by atoms with E-state index in [0.29, 0.717) is 45.6 Å². The number of nitrogens with one attached hydrogen (secondary N) is 1. The normalized spacial score (nSPS) is 24.7. The molecule has 2 rings (SSSR count). The van der Waals surface area contributed by atoms with Crippen LogP contribution in [0.4, 0.5) is 18.0 Å². The van der Waals surface area contributed by atoms with Gasteiger partial charge in [-0.05, 0) is 50.6 Å². The average Bonchev–Trinajstić information content (AvgIpc) is 2.52. The lowest BCUT2D eigenvalue weighted by atomic mass is 9.96. The average molecular weight is 337 g/mol. The molecule has 0 aliphatic carbocycles. The van der Waals surface area contributed by atoms with E-state index in [4.69, 9.17) is 0 Å². The number of aliphatic hydroxyl groups is 1. The molecule has 0 aromatic heterocycles. The Hall–Kier alpha value is -1.02. The van der Waals surface area contributed by atoms with E-state index in [-0.39, 0.29) is 24.5 Å². The summed E-state index contributed by atoms with van der Waals surface area (Å²) in [6, 6.07) is -0.124. The van der Waals surface area contributed by atoms with Crippen molar-refractivity contribution >= 4 is 6.03 Å². The molecule has 0 bridgehead atoms. The number of hydrogen-bond acceptors (Lipinski definition) is 3. The first-order valence-electron chi connectivity index (χ1n) is 8.30. The zero-order valence-corrected chi connectivity index (χ0v) is 13.3. The van der Waals surface area contributed by atoms with Gasteiger partial charge < -0.3 is 15.3 Å². The number of amides is 2. The number of urea groups is 1. The second-order valence-electron chi connectivity index (χ2n) is 6.66. The summed E-state index contributed by atoms with van der Waals surface area (Å²) in [6.45, 7) is 1.90. The predicted octanol–water partition coefficient (Wildman–Crippen LogP) is 1.67. The van der Waals surface area contributed by atoms with Crippen LogP contribution in [0.3, 0.4) is 0 Å². The summed E-state index contributed by atoms with van der Waals surface area (Å²) in [5.74, 6) is 0.391. The second kappa shape index (κ2) is 8.19. The van der Waals surface area contributed by atoms with E-state index < -0.39 is 12.7 Å². The number of carbonyl (C=O) groups excluding carboxylic acids is 1. The minimum atomic E-state index is -4.14. The van der Waals surface area contributed by atoms with Crippen LogP contribution in [-0.4, -0.2) is 73.0 Å². The number of nitrogens with zero attached hydrogens (tertiary/aromatic N) is 2. The van der Waals surface area contributed by atoms with Gasteiger partial charge in [0.25, 0.3) is 0 Å². The minimum Gasteiger partial charge on any atom is -0.396 e. The largest absolute Gasteiger partial charge is 0.401 e. The Balaban J connectivity index is 1.66. The lowest BCUT2D eigenvalue weighted by Crippen LogP contribution is -2.48. The summed E-state index contributed by atoms with van der Waals surface area (Å²) in [6.07, 6.45) is -0.948. The van der Waals surface area contributed by atoms with Gasteiger partial charge in [-0.3, -0.25) is 4.90 Å². The first-order chi connectivity index (χ1) is 10.9. The number of hydrogen-bond donors (Lipinski definition) is 2. The molecular weight excluding hydrogens is 311 g/mol. The van der Waals surface area contributed by atoms with Gasteiger partial charge in [0.05, 0.1) is 6.54 Å². The van der Waals surface area contributed by atoms with Crippen LogP contribution < -0.4 is 5.32 Å². The van der Waals surface area contributed by atoms with Crippen LogP contribution in [0, 0.1) is 11.8 Å². The summed E-state index contributed by atoms with van der Waals surface area (Å²) >= 11 is 0. The Morgan fingerprint density at radius 2 is 1.83 bits per heavy atom. The van der Waals surface area contributed by atoms with Gasteiger partial charge in [-0.15, -0.1) is 0 Å². The van der Waals surface area contributed by atoms with Gasteiger partial charge in [0, 0.05) is 26.2 Å². The van der Waals surface area contributed by atoms with E-state index >= 15 is 0 Å². The molecule has 5 nitrogen and oxygen atoms in total. The van der Waals surface area contributed by atoms with Gasteiger partial charge in [-0.2, -0.15) is 13.2 Å². The fourth-order valence-electron chi connectivity index (χ4n) is 3.34. The van der Waals surface area contributed by atoms with Crippen molar-refractivity contribution < 1.29 is 23.1 Å². The number of likely N-dealkylation sites (tertiary alicyclic amines) is 2. The monoisotopic (exact) mass is 337 g/mol. The van der Waals surface area contributed by atoms with Crippen LogP contribution in [0.1, 0.15) is 25.7 Å². The minimum absolute atomic E-state index is 0.0987. The topological polar surface area (TPSA) is 55.8 Å². The number of alkyl halides is 3. The molecule has 0 spiro atoms. The van der Waals surface area contributed by atoms with E-state index in [2.05, 4.69) is 5.32 Å². The van der Waals surface area contributed by atoms with Crippen LogP contribution in [0.2, 0.25) is 0 Å². The van der Waals surface area contributed by atoms with E-state index in [1.807, 2.05) is 0 Å². The zero-order valence-electron chi connectivity index (χ0n) is 13.3. The smallest absolute Gasteiger partial charge is 0.396 e. The Kier molecular flexibility index (Phi) is 6.52. The van der Waals surface area contributed by atoms with Gasteiger partial charge in [0.2, 0.25) is 0 Å². The molecule has 2 heterocycles. The first-order valence-corrected chi connectivity index (χ1v) is 8.30. The highest BCUT2D eigenvalue weighted by Crippen LogP contribution is 2.22. The molecule has 2 aliphatic heterocycles. The molecule has 1 atom stereocenters. The standard InChI is InChI=1S/C15H26F3N3O2/c16-15(17,18)11-20-6-3-12(4-7-20)8-19-14(23)21-5-1-2-13(9-21)10-22/h12-13,22H,1-11H2,(H,19,23)/t13-/m0/s1. The van der Waals surface area contributed by atoms with Crippen molar-refractivity contribution in [3.05, 3.63) is 0 Å². The van der Waals surface area contributed by atoms with Gasteiger partial charge in [0.1, 0.15) is 0 Å². The molecule has 2 aliphatic rings. The van der Waals surface area contributed by atoms with Gasteiger partial charge in [-0.1, -0.05) is 0 Å². The fraction of sp³-hybridized carbons (Fsp3) is 0.933. The van der Waals surface area contributed by atoms with E-state index in [9.17, 15) is 23.1 Å². The molecule has 2 amide bonds. The van der Waals surface area contributed by atoms with E-state index in [0.717, 1.165) is 12.8 Å². The summed E-state index contributed by atoms with van der Waals surface area (Å²) in [5, 5.41) is 12.1. The van der Waals surface area contributed by atoms with E-state index in [1.165, 1.54) is 4.90 Å². The highest BCUT2D eigenvalue weighted by Gasteiger charge is 2.32. The molecule has 2 fully saturated rings. The van der Waals surface area contributed by atoms with Gasteiger partial charge in [-0.25, -0.2) is 4.79 Å². The van der Waals surface area contributed by atoms with Crippen LogP contribution in [0.5, 0.6) is 0 Å². The second-order valence-corrected chi connectivity index (χ2v) is 6.66. The number of piperidine rings is 2. The van der Waals surface area contributed by atoms with E-state index in [1.54, 1.807) is 4.90 Å². The van der Waals surface area contributed by atoms with Crippen molar-refractivity contribution in [2.45, 2.75) is 31.9 Å². The van der Waals surface area contributed by atoms with Gasteiger partial charge >= 0.3 is 12.2 Å². The number of carbonyl (C=O) groups is 1. The molecular formula is C15H26F3N3O2. The summed E-state index contributed by atoms with van der Waals surface area (Å²) in [7, 11) is 0. The van der Waals surface area contributed by atoms with Crippen LogP contribution in [-0.2, 0) is 0 Å². The Morgan fingerprint density at radius 3 is 2.43 bits per heavy atom. The quantitative estimate of drug-likeness (QED) is 0.821. The molecule has 23 heavy (non-hydrogen) atoms. The van der Waals surface area contributed by atoms with Crippen molar-refractivity contribution in [1.82, 2.24) is 15.1 Å². The summed E-state index contributed by atoms with van der Waals surface area (Å²) in [5.41, 5.74) is 0. The lowest BCUT2D eigenvalue weighted by molar-refractivity contribution is -0.148. The Morgan fingerprint density at radius 1 is 1.13 bits per heavy atom. The maximum Gasteiger partial charge on any atom is 0.401 e. The van der Waals surface area contributed by atoms with Gasteiger partial charge in [0.15, 0.2) is 0 Å². The number of halogens is 3. The number of rotatable bonds is 4. The zero-order chi connectivity index (χ0) is 16.9. The SMILES string of the molecule is O=C(NCC1CCN(CC(F)(F)F)CC1)N1CCC[C@H](CO)C1. The third-order valence-electron chi connectivity index (χ3n) is 4.72. The Bertz CT molecular complexity index is 385. The third kappa shape index (κ3) is 6.18. The predicted molar refractivity (Wildman–Crippen MR) is 80.0 cm³/mol. The molecule has 2 N–H and O–H groups in total. The Labute approximate surface area is 134 Å². The molecule has 134 valence electrons. The van der Waals surface area contributed by atoms with Crippen molar-refractivity contribution in [3.63, 3.8) is 0 Å². The highest BCUT2D eigenvalue weighted by molar-refractivity contribution is 5.74. The maximum absolute atomic E-state index is 12.3. The third-order valence-corrected chi connectivity index (χ3v) is 4.72. The molecule has 0 saturated carbocycles. The molecule has 2 saturated heterocycles. The highest BCUT2D eigenvalue weighted by atomic mass is 19.4. The number of aliphatic hydroxyl groups excluding tert-OH is 1. The summed E-state index contributed by atoms with van der Waals surface area (Å²) < 4.78 is 37.0. The van der Waals surface area contributed by atoms with Crippen molar-refractivity contribution in [2.75, 3.05) is 45.9 Å². The van der Waals surface area contributed by atoms with Crippen molar-refractivity contribution in [3.8, 4) is 0 Å². The molecule has 0 unspecified atom stereocenters. The lowest BCUT2D eigenvalue weighted by Gasteiger charge is -2.34. The van der Waals surface area contributed by atoms with Crippen molar-refractivity contribution in [2.24, 2.45) is 11.8 Å². The molecule has 0 aromatic rings.